The molecule has 0 saturated heterocycles. The molecule has 2 aromatic rings. The Hall–Kier alpha value is -2.54. The van der Waals surface area contributed by atoms with Crippen LogP contribution in [0.1, 0.15) is 29.0 Å². The molecule has 1 aromatic heterocycles. The number of hydrogen-bond donors (Lipinski definition) is 2. The molecule has 0 amide bonds. The van der Waals surface area contributed by atoms with Crippen LogP contribution in [0.15, 0.2) is 33.7 Å². The maximum atomic E-state index is 5.59. The van der Waals surface area contributed by atoms with E-state index in [0.717, 1.165) is 17.2 Å². The highest BCUT2D eigenvalue weighted by Crippen LogP contribution is 2.22. The van der Waals surface area contributed by atoms with Gasteiger partial charge >= 0.3 is 0 Å². The lowest BCUT2D eigenvalue weighted by Crippen LogP contribution is -2.41. The molecule has 0 aliphatic carbocycles. The van der Waals surface area contributed by atoms with Gasteiger partial charge in [0.15, 0.2) is 5.96 Å². The van der Waals surface area contributed by atoms with Gasteiger partial charge in [0.05, 0.1) is 25.4 Å². The molecule has 1 unspecified atom stereocenters. The van der Waals surface area contributed by atoms with Crippen LogP contribution in [0, 0.1) is 13.8 Å². The lowest BCUT2D eigenvalue weighted by atomic mass is 10.1. The smallest absolute Gasteiger partial charge is 0.214 e. The molecule has 1 aromatic carbocycles. The number of methoxy groups -OCH3 is 1. The summed E-state index contributed by atoms with van der Waals surface area (Å²) in [6.45, 7) is 5.03. The summed E-state index contributed by atoms with van der Waals surface area (Å²) < 4.78 is 10.9. The van der Waals surface area contributed by atoms with Gasteiger partial charge in [-0.1, -0.05) is 12.1 Å². The van der Waals surface area contributed by atoms with Crippen molar-refractivity contribution < 1.29 is 9.15 Å². The van der Waals surface area contributed by atoms with Crippen molar-refractivity contribution in [3.05, 3.63) is 47.2 Å². The molecule has 1 atom stereocenters. The van der Waals surface area contributed by atoms with Crippen molar-refractivity contribution in [2.24, 2.45) is 4.99 Å². The van der Waals surface area contributed by atoms with Crippen molar-refractivity contribution in [1.82, 2.24) is 20.5 Å². The third kappa shape index (κ3) is 5.23. The largest absolute Gasteiger partial charge is 0.497 e. The van der Waals surface area contributed by atoms with E-state index < -0.39 is 0 Å². The van der Waals surface area contributed by atoms with E-state index in [1.807, 2.05) is 26.0 Å². The molecule has 7 nitrogen and oxygen atoms in total. The molecule has 2 rings (SSSR count). The summed E-state index contributed by atoms with van der Waals surface area (Å²) in [4.78, 5) is 10.8. The highest BCUT2D eigenvalue weighted by atomic mass is 16.5. The lowest BCUT2D eigenvalue weighted by molar-refractivity contribution is 0.297. The van der Waals surface area contributed by atoms with Gasteiger partial charge in [-0.05, 0) is 45.6 Å². The van der Waals surface area contributed by atoms with Crippen LogP contribution in [0.2, 0.25) is 0 Å². The van der Waals surface area contributed by atoms with Gasteiger partial charge < -0.3 is 24.7 Å². The first kappa shape index (κ1) is 19.8. The first-order valence-corrected chi connectivity index (χ1v) is 8.62. The zero-order chi connectivity index (χ0) is 19.1. The third-order valence-corrected chi connectivity index (χ3v) is 4.27. The molecule has 142 valence electrons. The Morgan fingerprint density at radius 1 is 1.31 bits per heavy atom. The predicted octanol–water partition coefficient (Wildman–Crippen LogP) is 2.27. The van der Waals surface area contributed by atoms with E-state index in [1.165, 1.54) is 5.56 Å². The van der Waals surface area contributed by atoms with Crippen molar-refractivity contribution in [1.29, 1.82) is 0 Å². The minimum absolute atomic E-state index is 0.176. The third-order valence-electron chi connectivity index (χ3n) is 4.27. The van der Waals surface area contributed by atoms with Crippen LogP contribution in [0.25, 0.3) is 0 Å². The summed E-state index contributed by atoms with van der Waals surface area (Å²) in [5.41, 5.74) is 2.09. The van der Waals surface area contributed by atoms with E-state index in [9.17, 15) is 0 Å². The number of aliphatic imine (C=N–C) groups is 1. The molecule has 0 saturated carbocycles. The molecular formula is C19H29N5O2. The van der Waals surface area contributed by atoms with Crippen LogP contribution in [-0.4, -0.2) is 50.6 Å². The van der Waals surface area contributed by atoms with Gasteiger partial charge in [0.1, 0.15) is 11.5 Å². The van der Waals surface area contributed by atoms with Crippen molar-refractivity contribution >= 4 is 5.96 Å². The van der Waals surface area contributed by atoms with Gasteiger partial charge in [-0.3, -0.25) is 4.99 Å². The number of oxazole rings is 1. The molecule has 26 heavy (non-hydrogen) atoms. The molecule has 0 aliphatic rings. The van der Waals surface area contributed by atoms with E-state index in [-0.39, 0.29) is 6.04 Å². The monoisotopic (exact) mass is 359 g/mol. The summed E-state index contributed by atoms with van der Waals surface area (Å²) in [7, 11) is 7.54. The number of rotatable bonds is 7. The molecule has 0 radical (unpaired) electrons. The lowest BCUT2D eigenvalue weighted by Gasteiger charge is -2.26. The Kier molecular flexibility index (Phi) is 7.03. The Bertz CT molecular complexity index is 720. The van der Waals surface area contributed by atoms with Crippen LogP contribution in [-0.2, 0) is 6.54 Å². The van der Waals surface area contributed by atoms with Gasteiger partial charge in [0.2, 0.25) is 5.89 Å². The second-order valence-corrected chi connectivity index (χ2v) is 6.31. The van der Waals surface area contributed by atoms with E-state index in [2.05, 4.69) is 51.7 Å². The SMILES string of the molecule is CN=C(NCc1nc(C)c(C)o1)NCC(c1cccc(OC)c1)N(C)C. The molecular weight excluding hydrogens is 330 g/mol. The fourth-order valence-corrected chi connectivity index (χ4v) is 2.64. The number of aromatic nitrogens is 1. The van der Waals surface area contributed by atoms with Crippen molar-refractivity contribution in [3.8, 4) is 5.75 Å². The zero-order valence-corrected chi connectivity index (χ0v) is 16.5. The fourth-order valence-electron chi connectivity index (χ4n) is 2.64. The van der Waals surface area contributed by atoms with Crippen LogP contribution >= 0.6 is 0 Å². The van der Waals surface area contributed by atoms with E-state index in [0.29, 0.717) is 24.9 Å². The fraction of sp³-hybridized carbons (Fsp3) is 0.474. The van der Waals surface area contributed by atoms with E-state index >= 15 is 0 Å². The number of nitrogens with one attached hydrogen (secondary N) is 2. The van der Waals surface area contributed by atoms with Gasteiger partial charge in [-0.2, -0.15) is 0 Å². The molecule has 1 heterocycles. The number of ether oxygens (including phenoxy) is 1. The Morgan fingerprint density at radius 3 is 2.65 bits per heavy atom. The molecule has 0 spiro atoms. The number of benzene rings is 1. The molecule has 0 bridgehead atoms. The maximum absolute atomic E-state index is 5.59. The normalized spacial score (nSPS) is 13.0. The standard InChI is InChI=1S/C19H29N5O2/c1-13-14(2)26-18(23-13)12-22-19(20-3)21-11-17(24(4)5)15-8-7-9-16(10-15)25-6/h7-10,17H,11-12H2,1-6H3,(H2,20,21,22). The topological polar surface area (TPSA) is 74.9 Å². The first-order valence-electron chi connectivity index (χ1n) is 8.62. The number of nitrogens with zero attached hydrogens (tertiary/aromatic N) is 3. The summed E-state index contributed by atoms with van der Waals surface area (Å²) in [5, 5.41) is 6.60. The summed E-state index contributed by atoms with van der Waals surface area (Å²) in [6, 6.07) is 8.29. The minimum atomic E-state index is 0.176. The Labute approximate surface area is 155 Å². The minimum Gasteiger partial charge on any atom is -0.497 e. The summed E-state index contributed by atoms with van der Waals surface area (Å²) in [5.74, 6) is 3.05. The van der Waals surface area contributed by atoms with Crippen LogP contribution < -0.4 is 15.4 Å². The van der Waals surface area contributed by atoms with Gasteiger partial charge in [0, 0.05) is 13.6 Å². The van der Waals surface area contributed by atoms with Crippen LogP contribution in [0.5, 0.6) is 5.75 Å². The number of aryl methyl sites for hydroxylation is 2. The highest BCUT2D eigenvalue weighted by molar-refractivity contribution is 5.79. The summed E-state index contributed by atoms with van der Waals surface area (Å²) >= 11 is 0. The van der Waals surface area contributed by atoms with Crippen LogP contribution in [0.3, 0.4) is 0 Å². The maximum Gasteiger partial charge on any atom is 0.214 e. The quantitative estimate of drug-likeness (QED) is 0.583. The van der Waals surface area contributed by atoms with Crippen molar-refractivity contribution in [3.63, 3.8) is 0 Å². The van der Waals surface area contributed by atoms with Crippen LogP contribution in [0.4, 0.5) is 0 Å². The Balaban J connectivity index is 1.97. The van der Waals surface area contributed by atoms with Gasteiger partial charge in [-0.15, -0.1) is 0 Å². The Morgan fingerprint density at radius 2 is 2.08 bits per heavy atom. The van der Waals surface area contributed by atoms with E-state index in [1.54, 1.807) is 14.2 Å². The predicted molar refractivity (Wildman–Crippen MR) is 104 cm³/mol. The molecule has 7 heteroatoms. The average molecular weight is 359 g/mol. The first-order chi connectivity index (χ1) is 12.4. The van der Waals surface area contributed by atoms with E-state index in [4.69, 9.17) is 9.15 Å². The average Bonchev–Trinajstić information content (AvgIpc) is 2.95. The second-order valence-electron chi connectivity index (χ2n) is 6.31. The van der Waals surface area contributed by atoms with Gasteiger partial charge in [0.25, 0.3) is 0 Å². The molecule has 2 N–H and O–H groups in total. The van der Waals surface area contributed by atoms with Gasteiger partial charge in [-0.25, -0.2) is 4.98 Å². The number of hydrogen-bond acceptors (Lipinski definition) is 5. The van der Waals surface area contributed by atoms with Crippen molar-refractivity contribution in [2.75, 3.05) is 34.8 Å². The summed E-state index contributed by atoms with van der Waals surface area (Å²) in [6.07, 6.45) is 0. The second kappa shape index (κ2) is 9.24. The highest BCUT2D eigenvalue weighted by Gasteiger charge is 2.15. The molecule has 0 aliphatic heterocycles. The number of likely N-dealkylation sites (N-methyl/N-ethyl adjacent to an activating group) is 1. The molecule has 0 fully saturated rings. The zero-order valence-electron chi connectivity index (χ0n) is 16.5. The van der Waals surface area contributed by atoms with Crippen molar-refractivity contribution in [2.45, 2.75) is 26.4 Å². The number of guanidine groups is 1.